The van der Waals surface area contributed by atoms with Crippen molar-refractivity contribution in [3.8, 4) is 0 Å². The number of nitrogens with zero attached hydrogens (tertiary/aromatic N) is 1. The fraction of sp³-hybridized carbons (Fsp3) is 0.333. The maximum atomic E-state index is 12.6. The van der Waals surface area contributed by atoms with E-state index >= 15 is 0 Å². The van der Waals surface area contributed by atoms with Crippen LogP contribution in [0.2, 0.25) is 0 Å². The van der Waals surface area contributed by atoms with Crippen LogP contribution in [0.3, 0.4) is 0 Å². The fourth-order valence-corrected chi connectivity index (χ4v) is 3.86. The van der Waals surface area contributed by atoms with Crippen LogP contribution in [0.1, 0.15) is 22.0 Å². The van der Waals surface area contributed by atoms with Crippen molar-refractivity contribution in [2.24, 2.45) is 0 Å². The summed E-state index contributed by atoms with van der Waals surface area (Å²) in [4.78, 5) is 27.5. The van der Waals surface area contributed by atoms with Crippen LogP contribution in [0, 0.1) is 0 Å². The van der Waals surface area contributed by atoms with Gasteiger partial charge in [0.1, 0.15) is 0 Å². The van der Waals surface area contributed by atoms with Crippen molar-refractivity contribution in [1.82, 2.24) is 10.2 Å². The van der Waals surface area contributed by atoms with Gasteiger partial charge in [0, 0.05) is 18.0 Å². The Kier molecular flexibility index (Phi) is 5.15. The summed E-state index contributed by atoms with van der Waals surface area (Å²) in [5.74, 6) is -0.396. The molecule has 0 unspecified atom stereocenters. The molecular weight excluding hydrogens is 324 g/mol. The predicted molar refractivity (Wildman–Crippen MR) is 93.0 cm³/mol. The van der Waals surface area contributed by atoms with Crippen molar-refractivity contribution in [1.29, 1.82) is 0 Å². The van der Waals surface area contributed by atoms with Gasteiger partial charge in [-0.25, -0.2) is 9.59 Å². The zero-order valence-electron chi connectivity index (χ0n) is 13.5. The van der Waals surface area contributed by atoms with Gasteiger partial charge in [-0.15, -0.1) is 11.3 Å². The minimum atomic E-state index is -0.651. The number of methoxy groups -OCH3 is 1. The third-order valence-corrected chi connectivity index (χ3v) is 5.18. The Morgan fingerprint density at radius 2 is 2.08 bits per heavy atom. The van der Waals surface area contributed by atoms with Crippen LogP contribution in [0.25, 0.3) is 0 Å². The zero-order valence-corrected chi connectivity index (χ0v) is 14.3. The second-order valence-electron chi connectivity index (χ2n) is 5.64. The lowest BCUT2D eigenvalue weighted by Crippen LogP contribution is -2.48. The van der Waals surface area contributed by atoms with Crippen LogP contribution < -0.4 is 5.32 Å². The quantitative estimate of drug-likeness (QED) is 0.868. The Morgan fingerprint density at radius 1 is 1.29 bits per heavy atom. The van der Waals surface area contributed by atoms with Crippen molar-refractivity contribution >= 4 is 23.3 Å². The van der Waals surface area contributed by atoms with Crippen LogP contribution in [0.4, 0.5) is 4.79 Å². The molecule has 0 bridgehead atoms. The Balaban J connectivity index is 1.66. The smallest absolute Gasteiger partial charge is 0.333 e. The van der Waals surface area contributed by atoms with Gasteiger partial charge in [0.05, 0.1) is 7.11 Å². The van der Waals surface area contributed by atoms with Crippen LogP contribution in [0.5, 0.6) is 0 Å². The highest BCUT2D eigenvalue weighted by atomic mass is 32.1. The van der Waals surface area contributed by atoms with Crippen molar-refractivity contribution in [3.05, 3.63) is 57.8 Å². The number of ether oxygens (including phenoxy) is 1. The molecule has 5 nitrogen and oxygen atoms in total. The molecule has 1 aliphatic heterocycles. The van der Waals surface area contributed by atoms with E-state index in [1.165, 1.54) is 12.7 Å². The van der Waals surface area contributed by atoms with Gasteiger partial charge in [0.25, 0.3) is 0 Å². The molecule has 1 aliphatic rings. The summed E-state index contributed by atoms with van der Waals surface area (Å²) in [5.41, 5.74) is 2.05. The van der Waals surface area contributed by atoms with Gasteiger partial charge >= 0.3 is 12.0 Å². The van der Waals surface area contributed by atoms with Gasteiger partial charge in [-0.3, -0.25) is 0 Å². The molecule has 0 fully saturated rings. The number of carbonyl (C=O) groups is 2. The van der Waals surface area contributed by atoms with Crippen molar-refractivity contribution < 1.29 is 14.3 Å². The van der Waals surface area contributed by atoms with Crippen molar-refractivity contribution in [2.75, 3.05) is 20.2 Å². The number of nitrogens with one attached hydrogen (secondary N) is 1. The Labute approximate surface area is 145 Å². The van der Waals surface area contributed by atoms with E-state index in [2.05, 4.69) is 5.32 Å². The van der Waals surface area contributed by atoms with Gasteiger partial charge in [0.15, 0.2) is 6.04 Å². The third-order valence-electron chi connectivity index (χ3n) is 4.18. The highest BCUT2D eigenvalue weighted by Crippen LogP contribution is 2.34. The Hall–Kier alpha value is -2.34. The van der Waals surface area contributed by atoms with Crippen molar-refractivity contribution in [3.63, 3.8) is 0 Å². The minimum Gasteiger partial charge on any atom is -0.467 e. The summed E-state index contributed by atoms with van der Waals surface area (Å²) in [6.07, 6.45) is 1.53. The zero-order chi connectivity index (χ0) is 16.9. The lowest BCUT2D eigenvalue weighted by Gasteiger charge is -2.33. The van der Waals surface area contributed by atoms with E-state index in [9.17, 15) is 9.59 Å². The number of esters is 1. The van der Waals surface area contributed by atoms with Crippen LogP contribution in [0.15, 0.2) is 41.8 Å². The minimum absolute atomic E-state index is 0.224. The first-order valence-electron chi connectivity index (χ1n) is 7.93. The summed E-state index contributed by atoms with van der Waals surface area (Å²) in [5, 5.41) is 4.87. The van der Waals surface area contributed by atoms with Gasteiger partial charge in [-0.05, 0) is 35.4 Å². The molecule has 126 valence electrons. The molecule has 3 rings (SSSR count). The molecule has 2 amide bonds. The lowest BCUT2D eigenvalue weighted by atomic mass is 10.0. The van der Waals surface area contributed by atoms with E-state index in [1.54, 1.807) is 16.2 Å². The molecule has 1 N–H and O–H groups in total. The highest BCUT2D eigenvalue weighted by molar-refractivity contribution is 7.10. The highest BCUT2D eigenvalue weighted by Gasteiger charge is 2.37. The first-order valence-corrected chi connectivity index (χ1v) is 8.81. The van der Waals surface area contributed by atoms with Crippen LogP contribution >= 0.6 is 11.3 Å². The SMILES string of the molecule is COC(=O)[C@@H]1c2ccsc2CCN1C(=O)NCCc1ccccc1. The first-order chi connectivity index (χ1) is 11.7. The number of thiophene rings is 1. The summed E-state index contributed by atoms with van der Waals surface area (Å²) in [7, 11) is 1.36. The number of hydrogen-bond donors (Lipinski definition) is 1. The van der Waals surface area contributed by atoms with E-state index in [-0.39, 0.29) is 6.03 Å². The molecule has 1 aromatic heterocycles. The number of carbonyl (C=O) groups excluding carboxylic acids is 2. The molecule has 1 aromatic carbocycles. The average molecular weight is 344 g/mol. The standard InChI is InChI=1S/C18H20N2O3S/c1-23-17(21)16-14-9-12-24-15(14)8-11-20(16)18(22)19-10-7-13-5-3-2-4-6-13/h2-6,9,12,16H,7-8,10-11H2,1H3,(H,19,22)/t16-/m0/s1. The summed E-state index contributed by atoms with van der Waals surface area (Å²) >= 11 is 1.62. The molecule has 0 spiro atoms. The molecule has 0 saturated carbocycles. The van der Waals surface area contributed by atoms with E-state index < -0.39 is 12.0 Å². The largest absolute Gasteiger partial charge is 0.467 e. The number of fused-ring (bicyclic) bond motifs is 1. The van der Waals surface area contributed by atoms with Crippen LogP contribution in [-0.2, 0) is 22.4 Å². The maximum absolute atomic E-state index is 12.6. The van der Waals surface area contributed by atoms with Gasteiger partial charge in [-0.1, -0.05) is 30.3 Å². The summed E-state index contributed by atoms with van der Waals surface area (Å²) in [6, 6.07) is 11.0. The Morgan fingerprint density at radius 3 is 2.83 bits per heavy atom. The summed E-state index contributed by atoms with van der Waals surface area (Å²) < 4.78 is 4.91. The fourth-order valence-electron chi connectivity index (χ4n) is 2.96. The van der Waals surface area contributed by atoms with E-state index in [4.69, 9.17) is 4.74 Å². The van der Waals surface area contributed by atoms with Gasteiger partial charge in [-0.2, -0.15) is 0 Å². The lowest BCUT2D eigenvalue weighted by molar-refractivity contribution is -0.146. The number of hydrogen-bond acceptors (Lipinski definition) is 4. The molecule has 24 heavy (non-hydrogen) atoms. The monoisotopic (exact) mass is 344 g/mol. The number of urea groups is 1. The van der Waals surface area contributed by atoms with Gasteiger partial charge in [0.2, 0.25) is 0 Å². The second kappa shape index (κ2) is 7.49. The normalized spacial score (nSPS) is 16.4. The first kappa shape index (κ1) is 16.5. The van der Waals surface area contributed by atoms with Crippen molar-refractivity contribution in [2.45, 2.75) is 18.9 Å². The third kappa shape index (κ3) is 3.43. The molecule has 0 radical (unpaired) electrons. The Bertz CT molecular complexity index is 714. The number of benzene rings is 1. The molecule has 1 atom stereocenters. The average Bonchev–Trinajstić information content (AvgIpc) is 3.09. The number of amides is 2. The molecule has 0 saturated heterocycles. The summed E-state index contributed by atoms with van der Waals surface area (Å²) in [6.45, 7) is 1.05. The predicted octanol–water partition coefficient (Wildman–Crippen LogP) is 2.77. The molecule has 2 aromatic rings. The van der Waals surface area contributed by atoms with E-state index in [0.717, 1.165) is 23.3 Å². The molecule has 2 heterocycles. The van der Waals surface area contributed by atoms with Gasteiger partial charge < -0.3 is 15.0 Å². The van der Waals surface area contributed by atoms with E-state index in [0.29, 0.717) is 13.1 Å². The maximum Gasteiger partial charge on any atom is 0.333 e. The number of rotatable bonds is 4. The second-order valence-corrected chi connectivity index (χ2v) is 6.64. The molecule has 6 heteroatoms. The molecular formula is C18H20N2O3S. The topological polar surface area (TPSA) is 58.6 Å². The van der Waals surface area contributed by atoms with Crippen LogP contribution in [-0.4, -0.2) is 37.1 Å². The molecule has 0 aliphatic carbocycles. The van der Waals surface area contributed by atoms with E-state index in [1.807, 2.05) is 41.8 Å².